The van der Waals surface area contributed by atoms with Crippen LogP contribution in [0.25, 0.3) is 0 Å². The van der Waals surface area contributed by atoms with Crippen LogP contribution in [-0.4, -0.2) is 25.0 Å². The van der Waals surface area contributed by atoms with Gasteiger partial charge in [0.15, 0.2) is 0 Å². The van der Waals surface area contributed by atoms with Crippen LogP contribution in [0.3, 0.4) is 0 Å². The molecule has 0 bridgehead atoms. The van der Waals surface area contributed by atoms with Crippen molar-refractivity contribution in [2.45, 2.75) is 19.9 Å². The van der Waals surface area contributed by atoms with E-state index in [1.54, 1.807) is 0 Å². The Morgan fingerprint density at radius 3 is 2.57 bits per heavy atom. The molecule has 3 N–H and O–H groups in total. The van der Waals surface area contributed by atoms with E-state index in [4.69, 9.17) is 5.73 Å². The smallest absolute Gasteiger partial charge is 0.0574 e. The molecule has 0 saturated heterocycles. The van der Waals surface area contributed by atoms with E-state index < -0.39 is 0 Å². The van der Waals surface area contributed by atoms with E-state index in [0.717, 1.165) is 37.4 Å². The van der Waals surface area contributed by atoms with E-state index in [9.17, 15) is 0 Å². The van der Waals surface area contributed by atoms with Gasteiger partial charge in [-0.3, -0.25) is 0 Å². The third-order valence-electron chi connectivity index (χ3n) is 3.53. The maximum atomic E-state index is 5.99. The molecule has 0 saturated carbocycles. The summed E-state index contributed by atoms with van der Waals surface area (Å²) in [4.78, 5) is 2.34. The van der Waals surface area contributed by atoms with E-state index in [-0.39, 0.29) is 0 Å². The van der Waals surface area contributed by atoms with Gasteiger partial charge < -0.3 is 16.0 Å². The Morgan fingerprint density at radius 2 is 1.86 bits per heavy atom. The first-order valence-corrected chi connectivity index (χ1v) is 7.47. The summed E-state index contributed by atoms with van der Waals surface area (Å²) in [5, 5.41) is 3.41. The van der Waals surface area contributed by atoms with Crippen LogP contribution in [0.15, 0.2) is 48.5 Å². The highest BCUT2D eigenvalue weighted by molar-refractivity contribution is 5.66. The summed E-state index contributed by atoms with van der Waals surface area (Å²) in [5.41, 5.74) is 10.4. The molecule has 3 heteroatoms. The van der Waals surface area contributed by atoms with Crippen molar-refractivity contribution in [3.63, 3.8) is 0 Å². The lowest BCUT2D eigenvalue weighted by Crippen LogP contribution is -2.21. The molecule has 3 nitrogen and oxygen atoms in total. The Balaban J connectivity index is 1.69. The third-order valence-corrected chi connectivity index (χ3v) is 3.53. The number of anilines is 2. The summed E-state index contributed by atoms with van der Waals surface area (Å²) >= 11 is 0. The molecule has 0 aliphatic heterocycles. The standard InChI is InChI=1S/C18H25N3/c1-15-9-10-18(17(19)13-15)20-11-6-12-21(2)14-16-7-4-3-5-8-16/h3-5,7-10,13,20H,6,11-12,14,19H2,1-2H3. The number of hydrogen-bond acceptors (Lipinski definition) is 3. The molecule has 0 atom stereocenters. The van der Waals surface area contributed by atoms with Gasteiger partial charge in [0.05, 0.1) is 11.4 Å². The molecule has 2 rings (SSSR count). The second-order valence-electron chi connectivity index (χ2n) is 5.59. The van der Waals surface area contributed by atoms with Gasteiger partial charge in [-0.2, -0.15) is 0 Å². The number of nitrogens with zero attached hydrogens (tertiary/aromatic N) is 1. The van der Waals surface area contributed by atoms with Crippen molar-refractivity contribution in [2.75, 3.05) is 31.2 Å². The van der Waals surface area contributed by atoms with Gasteiger partial charge in [0, 0.05) is 13.1 Å². The minimum atomic E-state index is 0.827. The fourth-order valence-corrected chi connectivity index (χ4v) is 2.39. The van der Waals surface area contributed by atoms with Gasteiger partial charge in [-0.05, 0) is 50.2 Å². The van der Waals surface area contributed by atoms with Gasteiger partial charge in [0.25, 0.3) is 0 Å². The lowest BCUT2D eigenvalue weighted by molar-refractivity contribution is 0.325. The molecule has 2 aromatic rings. The summed E-state index contributed by atoms with van der Waals surface area (Å²) in [6.45, 7) is 5.05. The number of rotatable bonds is 7. The molecule has 112 valence electrons. The Bertz CT molecular complexity index is 552. The van der Waals surface area contributed by atoms with Crippen LogP contribution in [0.1, 0.15) is 17.5 Å². The Hall–Kier alpha value is -2.00. The molecule has 0 amide bonds. The summed E-state index contributed by atoms with van der Waals surface area (Å²) in [7, 11) is 2.16. The topological polar surface area (TPSA) is 41.3 Å². The third kappa shape index (κ3) is 5.12. The molecule has 0 aliphatic carbocycles. The van der Waals surface area contributed by atoms with Crippen LogP contribution in [0.4, 0.5) is 11.4 Å². The van der Waals surface area contributed by atoms with Gasteiger partial charge >= 0.3 is 0 Å². The molecule has 0 aromatic heterocycles. The highest BCUT2D eigenvalue weighted by Gasteiger charge is 2.01. The lowest BCUT2D eigenvalue weighted by Gasteiger charge is -2.17. The number of hydrogen-bond donors (Lipinski definition) is 2. The van der Waals surface area contributed by atoms with Crippen LogP contribution in [0.2, 0.25) is 0 Å². The zero-order valence-corrected chi connectivity index (χ0v) is 13.0. The van der Waals surface area contributed by atoms with Crippen molar-refractivity contribution >= 4 is 11.4 Å². The fourth-order valence-electron chi connectivity index (χ4n) is 2.39. The number of benzene rings is 2. The van der Waals surface area contributed by atoms with Gasteiger partial charge in [0.2, 0.25) is 0 Å². The normalized spacial score (nSPS) is 10.8. The molecule has 0 unspecified atom stereocenters. The summed E-state index contributed by atoms with van der Waals surface area (Å²) < 4.78 is 0. The second-order valence-corrected chi connectivity index (χ2v) is 5.59. The first-order chi connectivity index (χ1) is 10.1. The van der Waals surface area contributed by atoms with Crippen molar-refractivity contribution in [2.24, 2.45) is 0 Å². The Morgan fingerprint density at radius 1 is 1.10 bits per heavy atom. The minimum Gasteiger partial charge on any atom is -0.397 e. The maximum absolute atomic E-state index is 5.99. The summed E-state index contributed by atoms with van der Waals surface area (Å²) in [6, 6.07) is 16.7. The number of nitrogens with two attached hydrogens (primary N) is 1. The Labute approximate surface area is 127 Å². The average molecular weight is 283 g/mol. The van der Waals surface area contributed by atoms with Crippen molar-refractivity contribution in [1.29, 1.82) is 0 Å². The van der Waals surface area contributed by atoms with E-state index in [1.807, 2.05) is 6.07 Å². The van der Waals surface area contributed by atoms with Crippen LogP contribution in [0, 0.1) is 6.92 Å². The largest absolute Gasteiger partial charge is 0.397 e. The van der Waals surface area contributed by atoms with Gasteiger partial charge in [-0.25, -0.2) is 0 Å². The molecule has 0 fully saturated rings. The first-order valence-electron chi connectivity index (χ1n) is 7.47. The molecule has 0 heterocycles. The number of aryl methyl sites for hydroxylation is 1. The second kappa shape index (κ2) is 7.70. The van der Waals surface area contributed by atoms with Crippen molar-refractivity contribution < 1.29 is 0 Å². The SMILES string of the molecule is Cc1ccc(NCCCN(C)Cc2ccccc2)c(N)c1. The lowest BCUT2D eigenvalue weighted by atomic mass is 10.2. The number of nitrogen functional groups attached to an aromatic ring is 1. The van der Waals surface area contributed by atoms with E-state index in [1.165, 1.54) is 11.1 Å². The quantitative estimate of drug-likeness (QED) is 0.603. The van der Waals surface area contributed by atoms with Gasteiger partial charge in [-0.15, -0.1) is 0 Å². The molecule has 21 heavy (non-hydrogen) atoms. The molecule has 0 radical (unpaired) electrons. The van der Waals surface area contributed by atoms with Crippen LogP contribution in [0.5, 0.6) is 0 Å². The van der Waals surface area contributed by atoms with Gasteiger partial charge in [-0.1, -0.05) is 36.4 Å². The fraction of sp³-hybridized carbons (Fsp3) is 0.333. The zero-order valence-electron chi connectivity index (χ0n) is 13.0. The highest BCUT2D eigenvalue weighted by atomic mass is 15.1. The van der Waals surface area contributed by atoms with Crippen molar-refractivity contribution in [3.8, 4) is 0 Å². The van der Waals surface area contributed by atoms with Crippen molar-refractivity contribution in [3.05, 3.63) is 59.7 Å². The van der Waals surface area contributed by atoms with Crippen LogP contribution in [-0.2, 0) is 6.54 Å². The van der Waals surface area contributed by atoms with Crippen LogP contribution >= 0.6 is 0 Å². The molecule has 2 aromatic carbocycles. The average Bonchev–Trinajstić information content (AvgIpc) is 2.46. The molecule has 0 aliphatic rings. The molecular formula is C18H25N3. The molecule has 0 spiro atoms. The first kappa shape index (κ1) is 15.4. The zero-order chi connectivity index (χ0) is 15.1. The highest BCUT2D eigenvalue weighted by Crippen LogP contribution is 2.19. The number of nitrogens with one attached hydrogen (secondary N) is 1. The minimum absolute atomic E-state index is 0.827. The van der Waals surface area contributed by atoms with Crippen LogP contribution < -0.4 is 11.1 Å². The molecular weight excluding hydrogens is 258 g/mol. The predicted octanol–water partition coefficient (Wildman–Crippen LogP) is 3.51. The van der Waals surface area contributed by atoms with E-state index in [0.29, 0.717) is 0 Å². The summed E-state index contributed by atoms with van der Waals surface area (Å²) in [5.74, 6) is 0. The van der Waals surface area contributed by atoms with E-state index in [2.05, 4.69) is 66.7 Å². The monoisotopic (exact) mass is 283 g/mol. The Kier molecular flexibility index (Phi) is 5.64. The van der Waals surface area contributed by atoms with Crippen molar-refractivity contribution in [1.82, 2.24) is 4.90 Å². The predicted molar refractivity (Wildman–Crippen MR) is 91.5 cm³/mol. The maximum Gasteiger partial charge on any atom is 0.0574 e. The van der Waals surface area contributed by atoms with Gasteiger partial charge in [0.1, 0.15) is 0 Å². The van der Waals surface area contributed by atoms with E-state index >= 15 is 0 Å². The summed E-state index contributed by atoms with van der Waals surface area (Å²) in [6.07, 6.45) is 1.09.